The molecule has 3 aliphatic carbocycles. The number of esters is 1. The van der Waals surface area contributed by atoms with Crippen LogP contribution in [0.15, 0.2) is 35.3 Å². The summed E-state index contributed by atoms with van der Waals surface area (Å²) >= 11 is 0. The molecule has 4 atom stereocenters. The van der Waals surface area contributed by atoms with Gasteiger partial charge in [-0.05, 0) is 90.4 Å². The van der Waals surface area contributed by atoms with Crippen molar-refractivity contribution in [2.75, 3.05) is 19.8 Å². The fourth-order valence-corrected chi connectivity index (χ4v) is 7.79. The first-order valence-electron chi connectivity index (χ1n) is 16.4. The van der Waals surface area contributed by atoms with Crippen LogP contribution in [0.3, 0.4) is 0 Å². The summed E-state index contributed by atoms with van der Waals surface area (Å²) in [5.41, 5.74) is 1.08. The zero-order chi connectivity index (χ0) is 30.8. The monoisotopic (exact) mass is 595 g/mol. The second kappa shape index (κ2) is 13.0. The van der Waals surface area contributed by atoms with Crippen LogP contribution in [0.1, 0.15) is 98.3 Å². The van der Waals surface area contributed by atoms with Gasteiger partial charge in [-0.3, -0.25) is 19.2 Å². The molecule has 2 N–H and O–H groups in total. The van der Waals surface area contributed by atoms with Gasteiger partial charge in [0.15, 0.2) is 0 Å². The van der Waals surface area contributed by atoms with Gasteiger partial charge in [-0.1, -0.05) is 18.9 Å². The summed E-state index contributed by atoms with van der Waals surface area (Å²) in [5, 5.41) is 6.49. The molecule has 2 aliphatic heterocycles. The Morgan fingerprint density at radius 1 is 1.14 bits per heavy atom. The summed E-state index contributed by atoms with van der Waals surface area (Å²) in [5.74, 6) is 0.284. The number of rotatable bonds is 14. The normalized spacial score (nSPS) is 29.1. The third-order valence-electron chi connectivity index (χ3n) is 9.89. The quantitative estimate of drug-likeness (QED) is 0.224. The summed E-state index contributed by atoms with van der Waals surface area (Å²) in [6, 6.07) is -0.100. The molecule has 0 bridgehead atoms. The number of hydrogen-bond acceptors (Lipinski definition) is 7. The Bertz CT molecular complexity index is 1210. The Morgan fingerprint density at radius 3 is 2.60 bits per heavy atom. The standard InChI is InChI=1S/C34H49N3O6/c1-5-42-28-18-34(28,19-29(39)35-22(3)4)21-33(15-9-10-16-33)27(38)17-25-31(36-25)24-14-13-23-11-7-8-12-26(23)37(32(24)41)20-30(40)43-6-2/h8,12,18,22,24-25,31,36H,5-7,9-11,13-17,19-21H2,1-4H3,(H,35,39)/t24?,25?,31-,34?/m0/s1. The van der Waals surface area contributed by atoms with Crippen LogP contribution in [0.25, 0.3) is 0 Å². The zero-order valence-corrected chi connectivity index (χ0v) is 26.3. The van der Waals surface area contributed by atoms with E-state index in [0.29, 0.717) is 32.3 Å². The summed E-state index contributed by atoms with van der Waals surface area (Å²) < 4.78 is 11.1. The van der Waals surface area contributed by atoms with Crippen LogP contribution >= 0.6 is 0 Å². The molecule has 1 saturated carbocycles. The molecular weight excluding hydrogens is 546 g/mol. The molecule has 1 saturated heterocycles. The second-order valence-corrected chi connectivity index (χ2v) is 13.4. The van der Waals surface area contributed by atoms with Gasteiger partial charge in [-0.25, -0.2) is 0 Å². The third-order valence-corrected chi connectivity index (χ3v) is 9.89. The topological polar surface area (TPSA) is 124 Å². The van der Waals surface area contributed by atoms with Gasteiger partial charge in [0, 0.05) is 42.1 Å². The van der Waals surface area contributed by atoms with Gasteiger partial charge in [-0.2, -0.15) is 0 Å². The van der Waals surface area contributed by atoms with Gasteiger partial charge in [0.05, 0.1) is 24.5 Å². The molecule has 43 heavy (non-hydrogen) atoms. The number of nitrogens with one attached hydrogen (secondary N) is 2. The highest BCUT2D eigenvalue weighted by molar-refractivity contribution is 5.89. The Labute approximate surface area is 255 Å². The van der Waals surface area contributed by atoms with E-state index >= 15 is 0 Å². The number of amides is 2. The lowest BCUT2D eigenvalue weighted by Crippen LogP contribution is -2.41. The molecule has 2 heterocycles. The van der Waals surface area contributed by atoms with E-state index < -0.39 is 16.8 Å². The van der Waals surface area contributed by atoms with E-state index in [1.54, 1.807) is 11.8 Å². The van der Waals surface area contributed by atoms with Crippen molar-refractivity contribution < 1.29 is 28.7 Å². The third kappa shape index (κ3) is 6.92. The van der Waals surface area contributed by atoms with Crippen LogP contribution in [-0.4, -0.2) is 66.4 Å². The number of ether oxygens (including phenoxy) is 2. The summed E-state index contributed by atoms with van der Waals surface area (Å²) in [6.45, 7) is 8.32. The van der Waals surface area contributed by atoms with E-state index in [-0.39, 0.29) is 54.8 Å². The van der Waals surface area contributed by atoms with Crippen molar-refractivity contribution in [3.05, 3.63) is 35.3 Å². The molecular formula is C34H49N3O6. The SMILES string of the molecule is CCOC(=O)CN1C(=O)C([C@@H]2NC2CC(=O)C2(CC3(CC(=O)NC(C)C)C=C3OCC)CCCC2)CCC2=C1C=CCC2. The van der Waals surface area contributed by atoms with Crippen molar-refractivity contribution in [2.45, 2.75) is 116 Å². The van der Waals surface area contributed by atoms with Gasteiger partial charge < -0.3 is 25.0 Å². The molecule has 5 aliphatic rings. The predicted octanol–water partition coefficient (Wildman–Crippen LogP) is 4.48. The maximum absolute atomic E-state index is 14.1. The van der Waals surface area contributed by atoms with E-state index in [0.717, 1.165) is 56.4 Å². The van der Waals surface area contributed by atoms with Crippen molar-refractivity contribution in [2.24, 2.45) is 16.7 Å². The number of nitrogens with zero attached hydrogens (tertiary/aromatic N) is 1. The van der Waals surface area contributed by atoms with Gasteiger partial charge in [0.1, 0.15) is 18.1 Å². The minimum absolute atomic E-state index is 0.0177. The van der Waals surface area contributed by atoms with Crippen LogP contribution in [-0.2, 0) is 28.7 Å². The first-order valence-corrected chi connectivity index (χ1v) is 16.4. The largest absolute Gasteiger partial charge is 0.498 e. The van der Waals surface area contributed by atoms with Crippen LogP contribution in [0.4, 0.5) is 0 Å². The fraction of sp³-hybridized carbons (Fsp3) is 0.706. The molecule has 236 valence electrons. The lowest BCUT2D eigenvalue weighted by Gasteiger charge is -2.33. The van der Waals surface area contributed by atoms with E-state index in [1.807, 2.05) is 32.9 Å². The van der Waals surface area contributed by atoms with Crippen molar-refractivity contribution in [3.63, 3.8) is 0 Å². The lowest BCUT2D eigenvalue weighted by molar-refractivity contribution is -0.148. The van der Waals surface area contributed by atoms with E-state index in [9.17, 15) is 19.2 Å². The number of carbonyl (C=O) groups is 4. The molecule has 2 amide bonds. The average Bonchev–Trinajstić information content (AvgIpc) is 3.80. The van der Waals surface area contributed by atoms with Crippen molar-refractivity contribution >= 4 is 23.6 Å². The van der Waals surface area contributed by atoms with Crippen LogP contribution in [0, 0.1) is 16.7 Å². The van der Waals surface area contributed by atoms with Crippen molar-refractivity contribution in [3.8, 4) is 0 Å². The molecule has 0 aromatic carbocycles. The average molecular weight is 596 g/mol. The van der Waals surface area contributed by atoms with Gasteiger partial charge >= 0.3 is 5.97 Å². The van der Waals surface area contributed by atoms with Crippen LogP contribution in [0.2, 0.25) is 0 Å². The number of carbonyl (C=O) groups excluding carboxylic acids is 4. The minimum atomic E-state index is -0.492. The summed E-state index contributed by atoms with van der Waals surface area (Å²) in [7, 11) is 0. The molecule has 0 aromatic rings. The molecule has 2 fully saturated rings. The Kier molecular flexibility index (Phi) is 9.49. The van der Waals surface area contributed by atoms with Gasteiger partial charge in [-0.15, -0.1) is 0 Å². The molecule has 0 radical (unpaired) electrons. The van der Waals surface area contributed by atoms with E-state index in [1.165, 1.54) is 5.57 Å². The molecule has 0 aromatic heterocycles. The first kappa shape index (κ1) is 31.5. The lowest BCUT2D eigenvalue weighted by atomic mass is 9.70. The maximum atomic E-state index is 14.1. The highest BCUT2D eigenvalue weighted by Gasteiger charge is 2.57. The minimum Gasteiger partial charge on any atom is -0.498 e. The number of hydrogen-bond donors (Lipinski definition) is 2. The predicted molar refractivity (Wildman–Crippen MR) is 162 cm³/mol. The molecule has 0 spiro atoms. The van der Waals surface area contributed by atoms with E-state index in [4.69, 9.17) is 9.47 Å². The molecule has 5 rings (SSSR count). The number of Topliss-reactive ketones (excluding diaryl/α,β-unsaturated/α-hetero) is 1. The highest BCUT2D eigenvalue weighted by Crippen LogP contribution is 2.59. The Morgan fingerprint density at radius 2 is 1.91 bits per heavy atom. The van der Waals surface area contributed by atoms with Crippen LogP contribution in [0.5, 0.6) is 0 Å². The van der Waals surface area contributed by atoms with E-state index in [2.05, 4.69) is 16.7 Å². The number of ketones is 1. The van der Waals surface area contributed by atoms with Gasteiger partial charge in [0.2, 0.25) is 11.8 Å². The molecule has 3 unspecified atom stereocenters. The Balaban J connectivity index is 1.27. The highest BCUT2D eigenvalue weighted by atomic mass is 16.5. The zero-order valence-electron chi connectivity index (χ0n) is 26.3. The van der Waals surface area contributed by atoms with Gasteiger partial charge in [0.25, 0.3) is 0 Å². The molecule has 9 heteroatoms. The molecule has 9 nitrogen and oxygen atoms in total. The number of allylic oxidation sites excluding steroid dienone is 5. The van der Waals surface area contributed by atoms with Crippen LogP contribution < -0.4 is 10.6 Å². The summed E-state index contributed by atoms with van der Waals surface area (Å²) in [6.07, 6.45) is 14.4. The fourth-order valence-electron chi connectivity index (χ4n) is 7.79. The van der Waals surface area contributed by atoms with Crippen molar-refractivity contribution in [1.29, 1.82) is 0 Å². The Hall–Kier alpha value is -2.94. The first-order chi connectivity index (χ1) is 20.6. The van der Waals surface area contributed by atoms with Crippen molar-refractivity contribution in [1.82, 2.24) is 15.5 Å². The maximum Gasteiger partial charge on any atom is 0.326 e. The smallest absolute Gasteiger partial charge is 0.326 e. The summed E-state index contributed by atoms with van der Waals surface area (Å²) in [4.78, 5) is 55.0. The second-order valence-electron chi connectivity index (χ2n) is 13.4.